The monoisotopic (exact) mass is 440 g/mol. The Balaban J connectivity index is 1.70. The third-order valence-corrected chi connectivity index (χ3v) is 5.27. The average Bonchev–Trinajstić information content (AvgIpc) is 3.21. The quantitative estimate of drug-likeness (QED) is 0.579. The summed E-state index contributed by atoms with van der Waals surface area (Å²) in [6.07, 6.45) is 0. The van der Waals surface area contributed by atoms with Crippen LogP contribution >= 0.6 is 11.6 Å². The predicted octanol–water partition coefficient (Wildman–Crippen LogP) is 3.08. The second-order valence-corrected chi connectivity index (χ2v) is 7.30. The highest BCUT2D eigenvalue weighted by Crippen LogP contribution is 2.38. The van der Waals surface area contributed by atoms with E-state index in [-0.39, 0.29) is 6.61 Å². The SMILES string of the molecule is CCOc1cc([C@H]2C(C(N)=O)=C(C)Nc3nnnn32)ccc1OCc1ccccc1Cl. The lowest BCUT2D eigenvalue weighted by Gasteiger charge is -2.27. The summed E-state index contributed by atoms with van der Waals surface area (Å²) >= 11 is 6.23. The largest absolute Gasteiger partial charge is 0.490 e. The van der Waals surface area contributed by atoms with Crippen LogP contribution in [-0.2, 0) is 11.4 Å². The maximum atomic E-state index is 12.2. The third kappa shape index (κ3) is 4.04. The van der Waals surface area contributed by atoms with Crippen LogP contribution in [0.1, 0.15) is 31.0 Å². The second kappa shape index (κ2) is 8.65. The van der Waals surface area contributed by atoms with Gasteiger partial charge in [0.15, 0.2) is 11.5 Å². The lowest BCUT2D eigenvalue weighted by Crippen LogP contribution is -2.31. The van der Waals surface area contributed by atoms with E-state index in [1.165, 1.54) is 4.68 Å². The van der Waals surface area contributed by atoms with Crippen molar-refractivity contribution in [1.82, 2.24) is 20.2 Å². The van der Waals surface area contributed by atoms with E-state index in [1.54, 1.807) is 13.0 Å². The fourth-order valence-electron chi connectivity index (χ4n) is 3.49. The number of nitrogens with two attached hydrogens (primary N) is 1. The number of halogens is 1. The summed E-state index contributed by atoms with van der Waals surface area (Å²) in [6.45, 7) is 4.37. The minimum Gasteiger partial charge on any atom is -0.490 e. The Bertz CT molecular complexity index is 1160. The number of nitrogens with zero attached hydrogens (tertiary/aromatic N) is 4. The number of hydrogen-bond acceptors (Lipinski definition) is 7. The number of rotatable bonds is 7. The van der Waals surface area contributed by atoms with Crippen molar-refractivity contribution in [1.29, 1.82) is 0 Å². The number of anilines is 1. The molecule has 3 N–H and O–H groups in total. The number of tetrazole rings is 1. The van der Waals surface area contributed by atoms with E-state index < -0.39 is 11.9 Å². The number of aromatic nitrogens is 4. The predicted molar refractivity (Wildman–Crippen MR) is 115 cm³/mol. The number of hydrogen-bond donors (Lipinski definition) is 2. The molecule has 0 bridgehead atoms. The number of nitrogens with one attached hydrogen (secondary N) is 1. The first-order valence-corrected chi connectivity index (χ1v) is 10.1. The molecule has 9 nitrogen and oxygen atoms in total. The third-order valence-electron chi connectivity index (χ3n) is 4.90. The van der Waals surface area contributed by atoms with Crippen molar-refractivity contribution in [3.63, 3.8) is 0 Å². The Morgan fingerprint density at radius 1 is 1.23 bits per heavy atom. The van der Waals surface area contributed by atoms with Crippen LogP contribution in [0.4, 0.5) is 5.95 Å². The van der Waals surface area contributed by atoms with Gasteiger partial charge < -0.3 is 20.5 Å². The molecule has 160 valence electrons. The fourth-order valence-corrected chi connectivity index (χ4v) is 3.68. The van der Waals surface area contributed by atoms with E-state index in [4.69, 9.17) is 26.8 Å². The number of benzene rings is 2. The van der Waals surface area contributed by atoms with Gasteiger partial charge in [-0.2, -0.15) is 4.68 Å². The second-order valence-electron chi connectivity index (χ2n) is 6.90. The first-order chi connectivity index (χ1) is 15.0. The van der Waals surface area contributed by atoms with Crippen LogP contribution in [0.3, 0.4) is 0 Å². The highest BCUT2D eigenvalue weighted by molar-refractivity contribution is 6.31. The number of ether oxygens (including phenoxy) is 2. The summed E-state index contributed by atoms with van der Waals surface area (Å²) in [6, 6.07) is 12.3. The molecular weight excluding hydrogens is 420 g/mol. The molecule has 2 aromatic carbocycles. The van der Waals surface area contributed by atoms with Gasteiger partial charge in [0, 0.05) is 16.3 Å². The molecule has 1 aliphatic heterocycles. The molecule has 0 spiro atoms. The normalized spacial score (nSPS) is 15.3. The van der Waals surface area contributed by atoms with Gasteiger partial charge >= 0.3 is 0 Å². The smallest absolute Gasteiger partial charge is 0.248 e. The van der Waals surface area contributed by atoms with Gasteiger partial charge in [0.2, 0.25) is 11.9 Å². The molecule has 1 aliphatic rings. The Kier molecular flexibility index (Phi) is 5.77. The van der Waals surface area contributed by atoms with Crippen LogP contribution in [0, 0.1) is 0 Å². The topological polar surface area (TPSA) is 117 Å². The van der Waals surface area contributed by atoms with Crippen molar-refractivity contribution in [2.75, 3.05) is 11.9 Å². The molecular formula is C21H21ClN6O3. The molecule has 3 aromatic rings. The Hall–Kier alpha value is -3.59. The summed E-state index contributed by atoms with van der Waals surface area (Å²) in [5.41, 5.74) is 8.23. The summed E-state index contributed by atoms with van der Waals surface area (Å²) in [5.74, 6) is 0.942. The highest BCUT2D eigenvalue weighted by atomic mass is 35.5. The zero-order chi connectivity index (χ0) is 22.0. The molecule has 1 aromatic heterocycles. The van der Waals surface area contributed by atoms with E-state index in [2.05, 4.69) is 20.8 Å². The van der Waals surface area contributed by atoms with Crippen LogP contribution in [-0.4, -0.2) is 32.7 Å². The zero-order valence-electron chi connectivity index (χ0n) is 17.0. The molecule has 0 saturated carbocycles. The number of carbonyl (C=O) groups is 1. The first-order valence-electron chi connectivity index (χ1n) is 9.68. The van der Waals surface area contributed by atoms with E-state index in [0.717, 1.165) is 11.1 Å². The number of allylic oxidation sites excluding steroid dienone is 1. The van der Waals surface area contributed by atoms with Crippen molar-refractivity contribution in [3.05, 3.63) is 69.9 Å². The van der Waals surface area contributed by atoms with Gasteiger partial charge in [-0.25, -0.2) is 0 Å². The van der Waals surface area contributed by atoms with Gasteiger partial charge in [0.25, 0.3) is 0 Å². The van der Waals surface area contributed by atoms with Gasteiger partial charge in [-0.1, -0.05) is 41.0 Å². The van der Waals surface area contributed by atoms with Crippen LogP contribution < -0.4 is 20.5 Å². The van der Waals surface area contributed by atoms with Crippen LogP contribution in [0.5, 0.6) is 11.5 Å². The number of primary amides is 1. The molecule has 2 heterocycles. The average molecular weight is 441 g/mol. The molecule has 0 fully saturated rings. The minimum atomic E-state index is -0.597. The van der Waals surface area contributed by atoms with E-state index >= 15 is 0 Å². The van der Waals surface area contributed by atoms with Gasteiger partial charge in [-0.05, 0) is 48.0 Å². The molecule has 1 amide bonds. The molecule has 31 heavy (non-hydrogen) atoms. The lowest BCUT2D eigenvalue weighted by atomic mass is 9.95. The van der Waals surface area contributed by atoms with Crippen LogP contribution in [0.25, 0.3) is 0 Å². The van der Waals surface area contributed by atoms with Crippen molar-refractivity contribution in [2.24, 2.45) is 5.73 Å². The Morgan fingerprint density at radius 2 is 2.03 bits per heavy atom. The van der Waals surface area contributed by atoms with E-state index in [0.29, 0.717) is 40.3 Å². The van der Waals surface area contributed by atoms with Gasteiger partial charge in [0.1, 0.15) is 12.6 Å². The van der Waals surface area contributed by atoms with Gasteiger partial charge in [-0.3, -0.25) is 4.79 Å². The summed E-state index contributed by atoms with van der Waals surface area (Å²) in [5, 5.41) is 15.3. The highest BCUT2D eigenvalue weighted by Gasteiger charge is 2.33. The van der Waals surface area contributed by atoms with Gasteiger partial charge in [0.05, 0.1) is 12.2 Å². The van der Waals surface area contributed by atoms with Crippen molar-refractivity contribution >= 4 is 23.5 Å². The Morgan fingerprint density at radius 3 is 2.77 bits per heavy atom. The van der Waals surface area contributed by atoms with Crippen molar-refractivity contribution in [3.8, 4) is 11.5 Å². The van der Waals surface area contributed by atoms with Crippen LogP contribution in [0.15, 0.2) is 53.7 Å². The Labute approximate surface area is 183 Å². The first kappa shape index (κ1) is 20.7. The molecule has 10 heteroatoms. The van der Waals surface area contributed by atoms with E-state index in [1.807, 2.05) is 43.3 Å². The number of amides is 1. The minimum absolute atomic E-state index is 0.287. The molecule has 0 aliphatic carbocycles. The summed E-state index contributed by atoms with van der Waals surface area (Å²) in [4.78, 5) is 12.2. The summed E-state index contributed by atoms with van der Waals surface area (Å²) in [7, 11) is 0. The number of fused-ring (bicyclic) bond motifs is 1. The fraction of sp³-hybridized carbons (Fsp3) is 0.238. The van der Waals surface area contributed by atoms with Gasteiger partial charge in [-0.15, -0.1) is 0 Å². The molecule has 0 saturated heterocycles. The maximum Gasteiger partial charge on any atom is 0.248 e. The van der Waals surface area contributed by atoms with E-state index in [9.17, 15) is 4.79 Å². The number of carbonyl (C=O) groups excluding carboxylic acids is 1. The standard InChI is InChI=1S/C21H21ClN6O3/c1-3-30-17-10-13(8-9-16(17)31-11-14-6-4-5-7-15(14)22)19-18(20(23)29)12(2)24-21-25-26-27-28(19)21/h4-10,19H,3,11H2,1-2H3,(H2,23,29)(H,24,25,27)/t19-/m0/s1. The molecule has 0 radical (unpaired) electrons. The van der Waals surface area contributed by atoms with Crippen LogP contribution in [0.2, 0.25) is 5.02 Å². The maximum absolute atomic E-state index is 12.2. The lowest BCUT2D eigenvalue weighted by molar-refractivity contribution is -0.115. The summed E-state index contributed by atoms with van der Waals surface area (Å²) < 4.78 is 13.3. The van der Waals surface area contributed by atoms with Crippen molar-refractivity contribution in [2.45, 2.75) is 26.5 Å². The zero-order valence-corrected chi connectivity index (χ0v) is 17.8. The molecule has 4 rings (SSSR count). The van der Waals surface area contributed by atoms with Crippen molar-refractivity contribution < 1.29 is 14.3 Å². The molecule has 1 atom stereocenters. The molecule has 0 unspecified atom stereocenters.